The van der Waals surface area contributed by atoms with Gasteiger partial charge in [0.05, 0.1) is 23.8 Å². The van der Waals surface area contributed by atoms with Gasteiger partial charge in [-0.1, -0.05) is 17.7 Å². The quantitative estimate of drug-likeness (QED) is 0.938. The third kappa shape index (κ3) is 3.84. The Labute approximate surface area is 134 Å². The van der Waals surface area contributed by atoms with Crippen molar-refractivity contribution in [3.8, 4) is 0 Å². The highest BCUT2D eigenvalue weighted by atomic mass is 35.5. The summed E-state index contributed by atoms with van der Waals surface area (Å²) in [6.45, 7) is 2.33. The zero-order valence-electron chi connectivity index (χ0n) is 12.2. The first-order valence-electron chi connectivity index (χ1n) is 7.33. The van der Waals surface area contributed by atoms with Gasteiger partial charge < -0.3 is 5.32 Å². The van der Waals surface area contributed by atoms with Crippen molar-refractivity contribution in [3.05, 3.63) is 41.8 Å². The fourth-order valence-electron chi connectivity index (χ4n) is 2.68. The SMILES string of the molecule is O=C(Nc1ccccn1)C1CCCN(Cn2cc(Cl)cn2)C1. The van der Waals surface area contributed by atoms with E-state index in [1.54, 1.807) is 29.3 Å². The van der Waals surface area contributed by atoms with E-state index in [1.807, 2.05) is 12.1 Å². The van der Waals surface area contributed by atoms with Crippen LogP contribution in [0, 0.1) is 5.92 Å². The van der Waals surface area contributed by atoms with E-state index < -0.39 is 0 Å². The fraction of sp³-hybridized carbons (Fsp3) is 0.400. The molecule has 7 heteroatoms. The number of hydrogen-bond acceptors (Lipinski definition) is 4. The van der Waals surface area contributed by atoms with E-state index in [9.17, 15) is 4.79 Å². The Morgan fingerprint density at radius 1 is 1.45 bits per heavy atom. The summed E-state index contributed by atoms with van der Waals surface area (Å²) in [4.78, 5) is 18.7. The second kappa shape index (κ2) is 6.89. The van der Waals surface area contributed by atoms with Gasteiger partial charge in [-0.2, -0.15) is 5.10 Å². The van der Waals surface area contributed by atoms with Gasteiger partial charge in [0, 0.05) is 18.9 Å². The molecule has 6 nitrogen and oxygen atoms in total. The molecule has 1 saturated heterocycles. The van der Waals surface area contributed by atoms with Crippen molar-refractivity contribution in [2.75, 3.05) is 18.4 Å². The maximum absolute atomic E-state index is 12.3. The van der Waals surface area contributed by atoms with E-state index in [2.05, 4.69) is 20.3 Å². The van der Waals surface area contributed by atoms with E-state index in [-0.39, 0.29) is 11.8 Å². The normalized spacial score (nSPS) is 19.0. The van der Waals surface area contributed by atoms with Crippen LogP contribution in [0.2, 0.25) is 5.02 Å². The highest BCUT2D eigenvalue weighted by Gasteiger charge is 2.26. The number of anilines is 1. The number of carbonyl (C=O) groups excluding carboxylic acids is 1. The van der Waals surface area contributed by atoms with Gasteiger partial charge >= 0.3 is 0 Å². The zero-order valence-corrected chi connectivity index (χ0v) is 12.9. The molecule has 0 bridgehead atoms. The number of pyridine rings is 1. The molecule has 22 heavy (non-hydrogen) atoms. The van der Waals surface area contributed by atoms with E-state index in [0.717, 1.165) is 25.9 Å². The summed E-state index contributed by atoms with van der Waals surface area (Å²) in [6.07, 6.45) is 6.98. The van der Waals surface area contributed by atoms with Crippen LogP contribution < -0.4 is 5.32 Å². The van der Waals surface area contributed by atoms with Crippen LogP contribution in [0.5, 0.6) is 0 Å². The number of nitrogens with zero attached hydrogens (tertiary/aromatic N) is 4. The van der Waals surface area contributed by atoms with Gasteiger partial charge in [-0.3, -0.25) is 14.4 Å². The van der Waals surface area contributed by atoms with Crippen LogP contribution >= 0.6 is 11.6 Å². The van der Waals surface area contributed by atoms with E-state index in [1.165, 1.54) is 0 Å². The number of amides is 1. The minimum absolute atomic E-state index is 0.0261. The first-order valence-corrected chi connectivity index (χ1v) is 7.71. The van der Waals surface area contributed by atoms with Crippen molar-refractivity contribution in [1.29, 1.82) is 0 Å². The van der Waals surface area contributed by atoms with E-state index in [4.69, 9.17) is 11.6 Å². The predicted molar refractivity (Wildman–Crippen MR) is 84.4 cm³/mol. The van der Waals surface area contributed by atoms with Crippen molar-refractivity contribution in [3.63, 3.8) is 0 Å². The number of halogens is 1. The molecule has 1 fully saturated rings. The lowest BCUT2D eigenvalue weighted by Gasteiger charge is -2.31. The molecular formula is C15H18ClN5O. The van der Waals surface area contributed by atoms with Crippen LogP contribution in [0.3, 0.4) is 0 Å². The monoisotopic (exact) mass is 319 g/mol. The molecule has 0 saturated carbocycles. The number of hydrogen-bond donors (Lipinski definition) is 1. The van der Waals surface area contributed by atoms with Crippen LogP contribution in [0.15, 0.2) is 36.8 Å². The lowest BCUT2D eigenvalue weighted by Crippen LogP contribution is -2.41. The van der Waals surface area contributed by atoms with Gasteiger partial charge in [0.25, 0.3) is 0 Å². The summed E-state index contributed by atoms with van der Waals surface area (Å²) < 4.78 is 1.79. The molecule has 0 aliphatic carbocycles. The number of likely N-dealkylation sites (tertiary alicyclic amines) is 1. The molecular weight excluding hydrogens is 302 g/mol. The van der Waals surface area contributed by atoms with Crippen LogP contribution in [0.1, 0.15) is 12.8 Å². The smallest absolute Gasteiger partial charge is 0.229 e. The molecule has 1 N–H and O–H groups in total. The molecule has 3 rings (SSSR count). The number of nitrogens with one attached hydrogen (secondary N) is 1. The largest absolute Gasteiger partial charge is 0.310 e. The van der Waals surface area contributed by atoms with Gasteiger partial charge in [-0.25, -0.2) is 4.98 Å². The summed E-state index contributed by atoms with van der Waals surface area (Å²) in [5, 5.41) is 7.69. The van der Waals surface area contributed by atoms with E-state index in [0.29, 0.717) is 17.5 Å². The predicted octanol–water partition coefficient (Wildman–Crippen LogP) is 2.24. The molecule has 0 spiro atoms. The molecule has 2 aromatic rings. The van der Waals surface area contributed by atoms with Crippen LogP contribution in [0.4, 0.5) is 5.82 Å². The van der Waals surface area contributed by atoms with Gasteiger partial charge in [0.15, 0.2) is 0 Å². The Kier molecular flexibility index (Phi) is 4.70. The summed E-state index contributed by atoms with van der Waals surface area (Å²) in [5.41, 5.74) is 0. The molecule has 2 aromatic heterocycles. The molecule has 3 heterocycles. The Balaban J connectivity index is 1.57. The maximum atomic E-state index is 12.3. The van der Waals surface area contributed by atoms with Crippen molar-refractivity contribution in [1.82, 2.24) is 19.7 Å². The minimum atomic E-state index is -0.0261. The topological polar surface area (TPSA) is 63.1 Å². The number of rotatable bonds is 4. The first-order chi connectivity index (χ1) is 10.7. The molecule has 1 aliphatic rings. The van der Waals surface area contributed by atoms with Crippen LogP contribution in [0.25, 0.3) is 0 Å². The number of aromatic nitrogens is 3. The standard InChI is InChI=1S/C15H18ClN5O/c16-13-8-18-21(10-13)11-20-7-3-4-12(9-20)15(22)19-14-5-1-2-6-17-14/h1-2,5-6,8,10,12H,3-4,7,9,11H2,(H,17,19,22). The fourth-order valence-corrected chi connectivity index (χ4v) is 2.84. The third-order valence-electron chi connectivity index (χ3n) is 3.74. The summed E-state index contributed by atoms with van der Waals surface area (Å²) in [7, 11) is 0. The number of carbonyl (C=O) groups is 1. The molecule has 1 aliphatic heterocycles. The second-order valence-electron chi connectivity index (χ2n) is 5.46. The molecule has 0 aromatic carbocycles. The average molecular weight is 320 g/mol. The van der Waals surface area contributed by atoms with Crippen molar-refractivity contribution < 1.29 is 4.79 Å². The molecule has 1 amide bonds. The van der Waals surface area contributed by atoms with Gasteiger partial charge in [-0.15, -0.1) is 0 Å². The number of piperidine rings is 1. The Hall–Kier alpha value is -1.92. The Morgan fingerprint density at radius 3 is 3.09 bits per heavy atom. The van der Waals surface area contributed by atoms with Gasteiger partial charge in [0.1, 0.15) is 5.82 Å². The third-order valence-corrected chi connectivity index (χ3v) is 3.93. The van der Waals surface area contributed by atoms with Gasteiger partial charge in [0.2, 0.25) is 5.91 Å². The average Bonchev–Trinajstić information content (AvgIpc) is 2.93. The summed E-state index contributed by atoms with van der Waals surface area (Å²) in [5.74, 6) is 0.604. The van der Waals surface area contributed by atoms with E-state index >= 15 is 0 Å². The molecule has 1 atom stereocenters. The van der Waals surface area contributed by atoms with Crippen molar-refractivity contribution in [2.24, 2.45) is 5.92 Å². The maximum Gasteiger partial charge on any atom is 0.229 e. The lowest BCUT2D eigenvalue weighted by molar-refractivity contribution is -0.121. The lowest BCUT2D eigenvalue weighted by atomic mass is 9.97. The van der Waals surface area contributed by atoms with Gasteiger partial charge in [-0.05, 0) is 31.5 Å². The molecule has 1 unspecified atom stereocenters. The zero-order chi connectivity index (χ0) is 15.4. The molecule has 0 radical (unpaired) electrons. The van der Waals surface area contributed by atoms with Crippen molar-refractivity contribution in [2.45, 2.75) is 19.5 Å². The van der Waals surface area contributed by atoms with Crippen LogP contribution in [-0.2, 0) is 11.5 Å². The minimum Gasteiger partial charge on any atom is -0.310 e. The summed E-state index contributed by atoms with van der Waals surface area (Å²) >= 11 is 5.87. The second-order valence-corrected chi connectivity index (χ2v) is 5.90. The van der Waals surface area contributed by atoms with Crippen LogP contribution in [-0.4, -0.2) is 38.7 Å². The first kappa shape index (κ1) is 15.0. The molecule has 116 valence electrons. The Bertz CT molecular complexity index is 630. The summed E-state index contributed by atoms with van der Waals surface area (Å²) in [6, 6.07) is 5.48. The highest BCUT2D eigenvalue weighted by Crippen LogP contribution is 2.19. The van der Waals surface area contributed by atoms with Crippen molar-refractivity contribution >= 4 is 23.3 Å². The highest BCUT2D eigenvalue weighted by molar-refractivity contribution is 6.30. The Morgan fingerprint density at radius 2 is 2.36 bits per heavy atom.